The summed E-state index contributed by atoms with van der Waals surface area (Å²) in [5.41, 5.74) is 3.42. The molecule has 0 bridgehead atoms. The lowest BCUT2D eigenvalue weighted by Crippen LogP contribution is -2.23. The molecule has 0 fully saturated rings. The van der Waals surface area contributed by atoms with E-state index in [0.29, 0.717) is 0 Å². The third kappa shape index (κ3) is 3.36. The van der Waals surface area contributed by atoms with Crippen LogP contribution in [-0.4, -0.2) is 12.1 Å². The first kappa shape index (κ1) is 14.5. The Hall–Kier alpha value is -1.87. The molecule has 1 unspecified atom stereocenters. The summed E-state index contributed by atoms with van der Waals surface area (Å²) in [5.74, 6) is 0.929. The Bertz CT molecular complexity index is 554. The van der Waals surface area contributed by atoms with Gasteiger partial charge in [0, 0.05) is 23.8 Å². The zero-order valence-corrected chi connectivity index (χ0v) is 12.6. The van der Waals surface area contributed by atoms with Gasteiger partial charge in [-0.25, -0.2) is 0 Å². The molecule has 0 spiro atoms. The van der Waals surface area contributed by atoms with Gasteiger partial charge in [0.2, 0.25) is 0 Å². The van der Waals surface area contributed by atoms with Gasteiger partial charge in [0.1, 0.15) is 5.75 Å². The maximum Gasteiger partial charge on any atom is 0.123 e. The second kappa shape index (κ2) is 6.53. The van der Waals surface area contributed by atoms with Gasteiger partial charge in [-0.15, -0.1) is 0 Å². The molecule has 106 valence electrons. The van der Waals surface area contributed by atoms with Crippen LogP contribution < -0.4 is 10.1 Å². The van der Waals surface area contributed by atoms with Gasteiger partial charge >= 0.3 is 0 Å². The van der Waals surface area contributed by atoms with Crippen LogP contribution in [0.25, 0.3) is 0 Å². The first-order valence-electron chi connectivity index (χ1n) is 6.93. The molecule has 2 aromatic rings. The van der Waals surface area contributed by atoms with E-state index < -0.39 is 0 Å². The minimum Gasteiger partial charge on any atom is -0.496 e. The molecular formula is C17H22N2O. The highest BCUT2D eigenvalue weighted by molar-refractivity contribution is 5.39. The molecular weight excluding hydrogens is 248 g/mol. The van der Waals surface area contributed by atoms with Crippen LogP contribution in [0.3, 0.4) is 0 Å². The van der Waals surface area contributed by atoms with Crippen molar-refractivity contribution in [1.29, 1.82) is 0 Å². The number of ether oxygens (including phenoxy) is 1. The number of rotatable bonds is 5. The van der Waals surface area contributed by atoms with Crippen molar-refractivity contribution in [2.75, 3.05) is 7.11 Å². The van der Waals surface area contributed by atoms with Crippen molar-refractivity contribution >= 4 is 0 Å². The molecule has 2 rings (SSSR count). The maximum atomic E-state index is 5.48. The fourth-order valence-corrected chi connectivity index (χ4v) is 2.36. The minimum absolute atomic E-state index is 0.192. The van der Waals surface area contributed by atoms with Crippen molar-refractivity contribution in [3.8, 4) is 5.75 Å². The van der Waals surface area contributed by atoms with E-state index in [1.807, 2.05) is 24.4 Å². The first-order chi connectivity index (χ1) is 9.61. The molecule has 0 aliphatic rings. The van der Waals surface area contributed by atoms with Gasteiger partial charge in [0.25, 0.3) is 0 Å². The van der Waals surface area contributed by atoms with E-state index in [4.69, 9.17) is 4.74 Å². The number of benzene rings is 1. The quantitative estimate of drug-likeness (QED) is 0.897. The Kier molecular flexibility index (Phi) is 4.74. The molecule has 2 atom stereocenters. The highest BCUT2D eigenvalue weighted by atomic mass is 16.5. The van der Waals surface area contributed by atoms with Gasteiger partial charge in [0.05, 0.1) is 12.8 Å². The minimum atomic E-state index is 0.192. The van der Waals surface area contributed by atoms with Crippen molar-refractivity contribution < 1.29 is 4.74 Å². The van der Waals surface area contributed by atoms with Crippen LogP contribution in [0.2, 0.25) is 0 Å². The predicted molar refractivity (Wildman–Crippen MR) is 81.9 cm³/mol. The van der Waals surface area contributed by atoms with E-state index in [1.165, 1.54) is 11.1 Å². The standard InChI is InChI=1S/C17H22N2O/c1-12-8-9-15(17(11-12)20-4)13(2)19-14(3)16-7-5-6-10-18-16/h5-11,13-14,19H,1-4H3/t13?,14-/m0/s1. The Labute approximate surface area is 121 Å². The maximum absolute atomic E-state index is 5.48. The highest BCUT2D eigenvalue weighted by Gasteiger charge is 2.15. The van der Waals surface area contributed by atoms with Crippen molar-refractivity contribution in [2.24, 2.45) is 0 Å². The van der Waals surface area contributed by atoms with Crippen molar-refractivity contribution in [3.05, 3.63) is 59.4 Å². The van der Waals surface area contributed by atoms with Gasteiger partial charge in [0.15, 0.2) is 0 Å². The monoisotopic (exact) mass is 270 g/mol. The van der Waals surface area contributed by atoms with Crippen molar-refractivity contribution in [3.63, 3.8) is 0 Å². The Balaban J connectivity index is 2.14. The summed E-state index contributed by atoms with van der Waals surface area (Å²) < 4.78 is 5.48. The Morgan fingerprint density at radius 1 is 1.10 bits per heavy atom. The molecule has 3 nitrogen and oxygen atoms in total. The zero-order chi connectivity index (χ0) is 14.5. The number of nitrogens with zero attached hydrogens (tertiary/aromatic N) is 1. The molecule has 0 radical (unpaired) electrons. The average molecular weight is 270 g/mol. The van der Waals surface area contributed by atoms with E-state index >= 15 is 0 Å². The van der Waals surface area contributed by atoms with Crippen LogP contribution in [-0.2, 0) is 0 Å². The topological polar surface area (TPSA) is 34.1 Å². The van der Waals surface area contributed by atoms with Gasteiger partial charge in [-0.2, -0.15) is 0 Å². The first-order valence-corrected chi connectivity index (χ1v) is 6.93. The van der Waals surface area contributed by atoms with E-state index in [1.54, 1.807) is 7.11 Å². The third-order valence-electron chi connectivity index (χ3n) is 3.49. The Morgan fingerprint density at radius 3 is 2.55 bits per heavy atom. The molecule has 1 N–H and O–H groups in total. The van der Waals surface area contributed by atoms with Crippen LogP contribution in [0.4, 0.5) is 0 Å². The fraction of sp³-hybridized carbons (Fsp3) is 0.353. The summed E-state index contributed by atoms with van der Waals surface area (Å²) in [6.07, 6.45) is 1.82. The molecule has 0 aliphatic carbocycles. The summed E-state index contributed by atoms with van der Waals surface area (Å²) in [6.45, 7) is 6.34. The second-order valence-electron chi connectivity index (χ2n) is 5.11. The van der Waals surface area contributed by atoms with Gasteiger partial charge < -0.3 is 10.1 Å². The number of nitrogens with one attached hydrogen (secondary N) is 1. The number of aryl methyl sites for hydroxylation is 1. The summed E-state index contributed by atoms with van der Waals surface area (Å²) in [7, 11) is 1.72. The number of pyridine rings is 1. The van der Waals surface area contributed by atoms with Crippen molar-refractivity contribution in [2.45, 2.75) is 32.9 Å². The van der Waals surface area contributed by atoms with Crippen molar-refractivity contribution in [1.82, 2.24) is 10.3 Å². The van der Waals surface area contributed by atoms with Crippen LogP contribution in [0.5, 0.6) is 5.75 Å². The summed E-state index contributed by atoms with van der Waals surface area (Å²) in [5, 5.41) is 3.56. The normalized spacial score (nSPS) is 13.8. The smallest absolute Gasteiger partial charge is 0.123 e. The summed E-state index contributed by atoms with van der Waals surface area (Å²) in [6, 6.07) is 12.7. The third-order valence-corrected chi connectivity index (χ3v) is 3.49. The predicted octanol–water partition coefficient (Wildman–Crippen LogP) is 3.81. The van der Waals surface area contributed by atoms with Crippen LogP contribution in [0.15, 0.2) is 42.6 Å². The molecule has 1 aromatic carbocycles. The number of methoxy groups -OCH3 is 1. The molecule has 1 heterocycles. The Morgan fingerprint density at radius 2 is 1.90 bits per heavy atom. The van der Waals surface area contributed by atoms with E-state index in [0.717, 1.165) is 11.4 Å². The summed E-state index contributed by atoms with van der Waals surface area (Å²) in [4.78, 5) is 4.39. The molecule has 0 aliphatic heterocycles. The number of hydrogen-bond donors (Lipinski definition) is 1. The number of aromatic nitrogens is 1. The van der Waals surface area contributed by atoms with Crippen LogP contribution in [0, 0.1) is 6.92 Å². The van der Waals surface area contributed by atoms with E-state index in [9.17, 15) is 0 Å². The lowest BCUT2D eigenvalue weighted by atomic mass is 10.0. The lowest BCUT2D eigenvalue weighted by Gasteiger charge is -2.22. The SMILES string of the molecule is COc1cc(C)ccc1C(C)N[C@@H](C)c1ccccn1. The molecule has 3 heteroatoms. The van der Waals surface area contributed by atoms with E-state index in [-0.39, 0.29) is 12.1 Å². The molecule has 0 amide bonds. The summed E-state index contributed by atoms with van der Waals surface area (Å²) >= 11 is 0. The molecule has 0 saturated carbocycles. The molecule has 20 heavy (non-hydrogen) atoms. The largest absolute Gasteiger partial charge is 0.496 e. The number of hydrogen-bond acceptors (Lipinski definition) is 3. The van der Waals surface area contributed by atoms with Crippen LogP contribution in [0.1, 0.15) is 42.8 Å². The molecule has 1 aromatic heterocycles. The lowest BCUT2D eigenvalue weighted by molar-refractivity contribution is 0.395. The highest BCUT2D eigenvalue weighted by Crippen LogP contribution is 2.27. The fourth-order valence-electron chi connectivity index (χ4n) is 2.36. The average Bonchev–Trinajstić information content (AvgIpc) is 2.47. The van der Waals surface area contributed by atoms with Gasteiger partial charge in [-0.05, 0) is 44.5 Å². The van der Waals surface area contributed by atoms with Gasteiger partial charge in [-0.3, -0.25) is 4.98 Å². The van der Waals surface area contributed by atoms with Gasteiger partial charge in [-0.1, -0.05) is 18.2 Å². The van der Waals surface area contributed by atoms with E-state index in [2.05, 4.69) is 49.3 Å². The van der Waals surface area contributed by atoms with Crippen LogP contribution >= 0.6 is 0 Å². The second-order valence-corrected chi connectivity index (χ2v) is 5.11. The zero-order valence-electron chi connectivity index (χ0n) is 12.6. The molecule has 0 saturated heterocycles.